The fourth-order valence-electron chi connectivity index (χ4n) is 1.31. The van der Waals surface area contributed by atoms with Crippen molar-refractivity contribution in [1.29, 1.82) is 5.26 Å². The third-order valence-corrected chi connectivity index (χ3v) is 2.24. The van der Waals surface area contributed by atoms with Crippen LogP contribution < -0.4 is 5.46 Å². The quantitative estimate of drug-likeness (QED) is 0.684. The SMILES string of the molecule is N#Cc1ccc(-c2ncc(B(O)O)cn2)cc1. The van der Waals surface area contributed by atoms with E-state index in [4.69, 9.17) is 15.3 Å². The van der Waals surface area contributed by atoms with Gasteiger partial charge in [0.15, 0.2) is 5.82 Å². The first-order valence-electron chi connectivity index (χ1n) is 4.89. The van der Waals surface area contributed by atoms with Gasteiger partial charge in [0.25, 0.3) is 0 Å². The summed E-state index contributed by atoms with van der Waals surface area (Å²) < 4.78 is 0. The van der Waals surface area contributed by atoms with Crippen LogP contribution in [0.3, 0.4) is 0 Å². The highest BCUT2D eigenvalue weighted by Gasteiger charge is 2.11. The molecule has 0 unspecified atom stereocenters. The van der Waals surface area contributed by atoms with Gasteiger partial charge in [-0.25, -0.2) is 9.97 Å². The first-order valence-corrected chi connectivity index (χ1v) is 4.89. The summed E-state index contributed by atoms with van der Waals surface area (Å²) in [7, 11) is -1.56. The van der Waals surface area contributed by atoms with Crippen molar-refractivity contribution < 1.29 is 10.0 Å². The van der Waals surface area contributed by atoms with Crippen molar-refractivity contribution in [2.75, 3.05) is 0 Å². The molecule has 0 aliphatic carbocycles. The summed E-state index contributed by atoms with van der Waals surface area (Å²) in [5.41, 5.74) is 1.57. The zero-order chi connectivity index (χ0) is 12.3. The standard InChI is InChI=1S/C11H8BN3O2/c13-5-8-1-3-9(4-2-8)11-14-6-10(7-15-11)12(16)17/h1-4,6-7,16-17H. The minimum atomic E-state index is -1.56. The predicted octanol–water partition coefficient (Wildman–Crippen LogP) is -0.305. The first kappa shape index (κ1) is 11.3. The van der Waals surface area contributed by atoms with Gasteiger partial charge in [-0.3, -0.25) is 0 Å². The molecule has 0 amide bonds. The molecule has 17 heavy (non-hydrogen) atoms. The van der Waals surface area contributed by atoms with Crippen LogP contribution in [-0.2, 0) is 0 Å². The molecule has 0 aliphatic heterocycles. The minimum Gasteiger partial charge on any atom is -0.423 e. The molecule has 0 fully saturated rings. The number of nitriles is 1. The number of hydrogen-bond acceptors (Lipinski definition) is 5. The number of rotatable bonds is 2. The van der Waals surface area contributed by atoms with Crippen molar-refractivity contribution in [2.45, 2.75) is 0 Å². The smallest absolute Gasteiger partial charge is 0.423 e. The minimum absolute atomic E-state index is 0.238. The molecule has 0 bridgehead atoms. The Hall–Kier alpha value is -2.23. The van der Waals surface area contributed by atoms with Gasteiger partial charge in [0.1, 0.15) is 0 Å². The monoisotopic (exact) mass is 225 g/mol. The lowest BCUT2D eigenvalue weighted by Gasteiger charge is -2.01. The van der Waals surface area contributed by atoms with E-state index in [1.807, 2.05) is 6.07 Å². The lowest BCUT2D eigenvalue weighted by molar-refractivity contribution is 0.425. The number of benzene rings is 1. The topological polar surface area (TPSA) is 90.0 Å². The number of nitrogens with zero attached hydrogens (tertiary/aromatic N) is 3. The summed E-state index contributed by atoms with van der Waals surface area (Å²) in [6, 6.07) is 8.85. The van der Waals surface area contributed by atoms with E-state index >= 15 is 0 Å². The molecule has 0 saturated carbocycles. The highest BCUT2D eigenvalue weighted by Crippen LogP contribution is 2.13. The average molecular weight is 225 g/mol. The third kappa shape index (κ3) is 2.48. The summed E-state index contributed by atoms with van der Waals surface area (Å²) >= 11 is 0. The zero-order valence-electron chi connectivity index (χ0n) is 8.78. The Kier molecular flexibility index (Phi) is 3.14. The van der Waals surface area contributed by atoms with Gasteiger partial charge in [-0.2, -0.15) is 5.26 Å². The Morgan fingerprint density at radius 2 is 1.65 bits per heavy atom. The van der Waals surface area contributed by atoms with Crippen LogP contribution in [0.2, 0.25) is 0 Å². The molecular weight excluding hydrogens is 217 g/mol. The zero-order valence-corrected chi connectivity index (χ0v) is 8.78. The summed E-state index contributed by atoms with van der Waals surface area (Å²) in [5, 5.41) is 26.4. The maximum absolute atomic E-state index is 8.89. The van der Waals surface area contributed by atoms with Crippen molar-refractivity contribution in [3.8, 4) is 17.5 Å². The van der Waals surface area contributed by atoms with Crippen molar-refractivity contribution >= 4 is 12.6 Å². The van der Waals surface area contributed by atoms with Gasteiger partial charge in [0.2, 0.25) is 0 Å². The highest BCUT2D eigenvalue weighted by molar-refractivity contribution is 6.58. The molecule has 0 spiro atoms. The summed E-state index contributed by atoms with van der Waals surface area (Å²) in [6.45, 7) is 0. The lowest BCUT2D eigenvalue weighted by Crippen LogP contribution is -2.30. The van der Waals surface area contributed by atoms with Crippen LogP contribution >= 0.6 is 0 Å². The highest BCUT2D eigenvalue weighted by atomic mass is 16.4. The molecule has 6 heteroatoms. The molecule has 0 atom stereocenters. The molecule has 1 aromatic carbocycles. The Balaban J connectivity index is 2.30. The molecule has 1 aromatic heterocycles. The Bertz CT molecular complexity index is 546. The first-order chi connectivity index (χ1) is 8.20. The molecule has 0 saturated heterocycles. The summed E-state index contributed by atoms with van der Waals surface area (Å²) in [4.78, 5) is 8.02. The van der Waals surface area contributed by atoms with Crippen molar-refractivity contribution in [2.24, 2.45) is 0 Å². The van der Waals surface area contributed by atoms with Crippen LogP contribution in [0, 0.1) is 11.3 Å². The van der Waals surface area contributed by atoms with Crippen LogP contribution in [0.25, 0.3) is 11.4 Å². The van der Waals surface area contributed by atoms with E-state index in [0.717, 1.165) is 5.56 Å². The second kappa shape index (κ2) is 4.74. The van der Waals surface area contributed by atoms with E-state index in [-0.39, 0.29) is 5.46 Å². The van der Waals surface area contributed by atoms with E-state index in [2.05, 4.69) is 9.97 Å². The summed E-state index contributed by atoms with van der Waals surface area (Å²) in [5.74, 6) is 0.471. The lowest BCUT2D eigenvalue weighted by atomic mass is 9.83. The van der Waals surface area contributed by atoms with E-state index in [1.54, 1.807) is 24.3 Å². The van der Waals surface area contributed by atoms with E-state index in [1.165, 1.54) is 12.4 Å². The normalized spacial score (nSPS) is 9.71. The Morgan fingerprint density at radius 1 is 1.06 bits per heavy atom. The van der Waals surface area contributed by atoms with Crippen molar-refractivity contribution in [1.82, 2.24) is 9.97 Å². The van der Waals surface area contributed by atoms with Crippen molar-refractivity contribution in [3.63, 3.8) is 0 Å². The fraction of sp³-hybridized carbons (Fsp3) is 0. The maximum Gasteiger partial charge on any atom is 0.491 e. The van der Waals surface area contributed by atoms with Crippen LogP contribution in [0.4, 0.5) is 0 Å². The average Bonchev–Trinajstić information content (AvgIpc) is 2.39. The fourth-order valence-corrected chi connectivity index (χ4v) is 1.31. The van der Waals surface area contributed by atoms with Crippen LogP contribution in [0.1, 0.15) is 5.56 Å². The second-order valence-electron chi connectivity index (χ2n) is 3.40. The third-order valence-electron chi connectivity index (χ3n) is 2.24. The maximum atomic E-state index is 8.89. The molecule has 2 rings (SSSR count). The Morgan fingerprint density at radius 3 is 2.12 bits per heavy atom. The van der Waals surface area contributed by atoms with Crippen molar-refractivity contribution in [3.05, 3.63) is 42.2 Å². The molecule has 2 aromatic rings. The van der Waals surface area contributed by atoms with E-state index in [0.29, 0.717) is 11.4 Å². The van der Waals surface area contributed by atoms with Gasteiger partial charge in [0, 0.05) is 23.4 Å². The molecule has 2 N–H and O–H groups in total. The predicted molar refractivity (Wildman–Crippen MR) is 62.0 cm³/mol. The van der Waals surface area contributed by atoms with Gasteiger partial charge in [-0.15, -0.1) is 0 Å². The van der Waals surface area contributed by atoms with Gasteiger partial charge < -0.3 is 10.0 Å². The van der Waals surface area contributed by atoms with Crippen LogP contribution in [0.5, 0.6) is 0 Å². The second-order valence-corrected chi connectivity index (χ2v) is 3.40. The molecule has 0 radical (unpaired) electrons. The molecule has 82 valence electrons. The van der Waals surface area contributed by atoms with Gasteiger partial charge in [-0.05, 0) is 24.3 Å². The van der Waals surface area contributed by atoms with E-state index in [9.17, 15) is 0 Å². The van der Waals surface area contributed by atoms with Gasteiger partial charge >= 0.3 is 7.12 Å². The molecular formula is C11H8BN3O2. The Labute approximate surface area is 98.2 Å². The number of aromatic nitrogens is 2. The molecule has 0 aliphatic rings. The molecule has 1 heterocycles. The van der Waals surface area contributed by atoms with Crippen LogP contribution in [0.15, 0.2) is 36.7 Å². The van der Waals surface area contributed by atoms with Gasteiger partial charge in [0.05, 0.1) is 11.6 Å². The van der Waals surface area contributed by atoms with Gasteiger partial charge in [-0.1, -0.05) is 0 Å². The molecule has 5 nitrogen and oxygen atoms in total. The number of hydrogen-bond donors (Lipinski definition) is 2. The summed E-state index contributed by atoms with van der Waals surface area (Å²) in [6.07, 6.45) is 2.70. The van der Waals surface area contributed by atoms with E-state index < -0.39 is 7.12 Å². The largest absolute Gasteiger partial charge is 0.491 e. The van der Waals surface area contributed by atoms with Crippen LogP contribution in [-0.4, -0.2) is 27.1 Å².